The smallest absolute Gasteiger partial charge is 0.339 e. The second-order valence-corrected chi connectivity index (χ2v) is 5.15. The fraction of sp³-hybridized carbons (Fsp3) is 0.467. The number of rotatable bonds is 4. The molecule has 1 aliphatic heterocycles. The summed E-state index contributed by atoms with van der Waals surface area (Å²) in [6.45, 7) is 1.79. The van der Waals surface area contributed by atoms with Crippen molar-refractivity contribution in [3.05, 3.63) is 29.6 Å². The molecule has 1 aromatic carbocycles. The summed E-state index contributed by atoms with van der Waals surface area (Å²) in [6.07, 6.45) is 2.39. The standard InChI is InChI=1S/C15H19FN2O3/c1-21-15(20)12-5-4-11(16)8-13(12)18-14(19)7-10-3-2-6-17-9-10/h4-5,8,10,17H,2-3,6-7,9H2,1H3,(H,18,19). The number of ether oxygens (including phenoxy) is 1. The Morgan fingerprint density at radius 1 is 1.48 bits per heavy atom. The van der Waals surface area contributed by atoms with E-state index in [1.54, 1.807) is 0 Å². The Morgan fingerprint density at radius 3 is 2.95 bits per heavy atom. The van der Waals surface area contributed by atoms with E-state index in [-0.39, 0.29) is 23.1 Å². The van der Waals surface area contributed by atoms with Crippen LogP contribution in [0.3, 0.4) is 0 Å². The van der Waals surface area contributed by atoms with Crippen molar-refractivity contribution in [2.75, 3.05) is 25.5 Å². The molecule has 6 heteroatoms. The number of carbonyl (C=O) groups is 2. The Morgan fingerprint density at radius 2 is 2.29 bits per heavy atom. The van der Waals surface area contributed by atoms with Gasteiger partial charge in [-0.3, -0.25) is 4.79 Å². The van der Waals surface area contributed by atoms with Gasteiger partial charge in [-0.15, -0.1) is 0 Å². The second kappa shape index (κ2) is 7.17. The number of carbonyl (C=O) groups excluding carboxylic acids is 2. The van der Waals surface area contributed by atoms with E-state index in [0.29, 0.717) is 6.42 Å². The Labute approximate surface area is 122 Å². The van der Waals surface area contributed by atoms with E-state index in [1.807, 2.05) is 0 Å². The van der Waals surface area contributed by atoms with Crippen LogP contribution in [-0.4, -0.2) is 32.1 Å². The molecule has 0 aromatic heterocycles. The van der Waals surface area contributed by atoms with E-state index in [2.05, 4.69) is 15.4 Å². The number of amides is 1. The van der Waals surface area contributed by atoms with Gasteiger partial charge in [-0.05, 0) is 50.0 Å². The van der Waals surface area contributed by atoms with Crippen molar-refractivity contribution in [2.45, 2.75) is 19.3 Å². The minimum atomic E-state index is -0.607. The molecule has 1 aliphatic rings. The van der Waals surface area contributed by atoms with Crippen molar-refractivity contribution < 1.29 is 18.7 Å². The number of hydrogen-bond donors (Lipinski definition) is 2. The molecule has 1 heterocycles. The van der Waals surface area contributed by atoms with Crippen LogP contribution in [-0.2, 0) is 9.53 Å². The first kappa shape index (κ1) is 15.4. The van der Waals surface area contributed by atoms with Crippen LogP contribution in [0.2, 0.25) is 0 Å². The third kappa shape index (κ3) is 4.26. The summed E-state index contributed by atoms with van der Waals surface area (Å²) < 4.78 is 17.9. The Kier molecular flexibility index (Phi) is 5.27. The third-order valence-electron chi connectivity index (χ3n) is 3.53. The molecule has 1 atom stereocenters. The number of esters is 1. The molecule has 1 unspecified atom stereocenters. The molecule has 0 radical (unpaired) electrons. The molecule has 0 bridgehead atoms. The molecule has 0 spiro atoms. The van der Waals surface area contributed by atoms with Gasteiger partial charge in [0.25, 0.3) is 0 Å². The van der Waals surface area contributed by atoms with Gasteiger partial charge in [-0.25, -0.2) is 9.18 Å². The lowest BCUT2D eigenvalue weighted by molar-refractivity contribution is -0.117. The molecule has 0 saturated carbocycles. The third-order valence-corrected chi connectivity index (χ3v) is 3.53. The molecule has 114 valence electrons. The van der Waals surface area contributed by atoms with Crippen LogP contribution in [0.25, 0.3) is 0 Å². The maximum atomic E-state index is 13.3. The van der Waals surface area contributed by atoms with E-state index in [0.717, 1.165) is 38.1 Å². The van der Waals surface area contributed by atoms with Gasteiger partial charge in [0.05, 0.1) is 18.4 Å². The highest BCUT2D eigenvalue weighted by Crippen LogP contribution is 2.20. The van der Waals surface area contributed by atoms with E-state index in [9.17, 15) is 14.0 Å². The topological polar surface area (TPSA) is 67.4 Å². The van der Waals surface area contributed by atoms with Crippen LogP contribution in [0.1, 0.15) is 29.6 Å². The van der Waals surface area contributed by atoms with Crippen LogP contribution >= 0.6 is 0 Å². The van der Waals surface area contributed by atoms with Gasteiger partial charge in [-0.1, -0.05) is 0 Å². The summed E-state index contributed by atoms with van der Waals surface area (Å²) >= 11 is 0. The number of nitrogens with one attached hydrogen (secondary N) is 2. The monoisotopic (exact) mass is 294 g/mol. The first-order valence-corrected chi connectivity index (χ1v) is 6.98. The minimum absolute atomic E-state index is 0.147. The average molecular weight is 294 g/mol. The molecule has 5 nitrogen and oxygen atoms in total. The summed E-state index contributed by atoms with van der Waals surface area (Å²) in [5, 5.41) is 5.84. The van der Waals surface area contributed by atoms with Crippen molar-refractivity contribution in [2.24, 2.45) is 5.92 Å². The van der Waals surface area contributed by atoms with Crippen LogP contribution in [0.4, 0.5) is 10.1 Å². The van der Waals surface area contributed by atoms with Crippen molar-refractivity contribution >= 4 is 17.6 Å². The minimum Gasteiger partial charge on any atom is -0.465 e. The van der Waals surface area contributed by atoms with Gasteiger partial charge in [-0.2, -0.15) is 0 Å². The van der Waals surface area contributed by atoms with E-state index < -0.39 is 11.8 Å². The molecule has 0 aliphatic carbocycles. The zero-order valence-corrected chi connectivity index (χ0v) is 11.9. The van der Waals surface area contributed by atoms with Gasteiger partial charge < -0.3 is 15.4 Å². The quantitative estimate of drug-likeness (QED) is 0.833. The van der Waals surface area contributed by atoms with Gasteiger partial charge in [0.15, 0.2) is 0 Å². The van der Waals surface area contributed by atoms with Gasteiger partial charge in [0.2, 0.25) is 5.91 Å². The van der Waals surface area contributed by atoms with Crippen LogP contribution in [0.5, 0.6) is 0 Å². The number of methoxy groups -OCH3 is 1. The predicted molar refractivity (Wildman–Crippen MR) is 76.6 cm³/mol. The van der Waals surface area contributed by atoms with E-state index >= 15 is 0 Å². The Hall–Kier alpha value is -1.95. The van der Waals surface area contributed by atoms with Crippen molar-refractivity contribution in [3.63, 3.8) is 0 Å². The summed E-state index contributed by atoms with van der Waals surface area (Å²) in [7, 11) is 1.24. The summed E-state index contributed by atoms with van der Waals surface area (Å²) in [5.41, 5.74) is 0.296. The molecule has 21 heavy (non-hydrogen) atoms. The van der Waals surface area contributed by atoms with E-state index in [1.165, 1.54) is 13.2 Å². The number of benzene rings is 1. The summed E-state index contributed by atoms with van der Waals surface area (Å²) in [5.74, 6) is -1.07. The second-order valence-electron chi connectivity index (χ2n) is 5.15. The molecular formula is C15H19FN2O3. The molecular weight excluding hydrogens is 275 g/mol. The zero-order chi connectivity index (χ0) is 15.2. The fourth-order valence-corrected chi connectivity index (χ4v) is 2.47. The molecule has 1 amide bonds. The molecule has 2 N–H and O–H groups in total. The largest absolute Gasteiger partial charge is 0.465 e. The maximum absolute atomic E-state index is 13.3. The lowest BCUT2D eigenvalue weighted by Gasteiger charge is -2.22. The van der Waals surface area contributed by atoms with Crippen LogP contribution in [0.15, 0.2) is 18.2 Å². The Bertz CT molecular complexity index is 528. The van der Waals surface area contributed by atoms with Gasteiger partial charge >= 0.3 is 5.97 Å². The van der Waals surface area contributed by atoms with Gasteiger partial charge in [0.1, 0.15) is 5.82 Å². The average Bonchev–Trinajstić information content (AvgIpc) is 2.47. The highest BCUT2D eigenvalue weighted by atomic mass is 19.1. The van der Waals surface area contributed by atoms with Crippen molar-refractivity contribution in [1.29, 1.82) is 0 Å². The zero-order valence-electron chi connectivity index (χ0n) is 11.9. The molecule has 2 rings (SSSR count). The molecule has 1 aromatic rings. The highest BCUT2D eigenvalue weighted by molar-refractivity contribution is 6.01. The van der Waals surface area contributed by atoms with Gasteiger partial charge in [0, 0.05) is 6.42 Å². The SMILES string of the molecule is COC(=O)c1ccc(F)cc1NC(=O)CC1CCCNC1. The number of halogens is 1. The number of piperidine rings is 1. The predicted octanol–water partition coefficient (Wildman–Crippen LogP) is 1.94. The first-order valence-electron chi connectivity index (χ1n) is 6.98. The molecule has 1 fully saturated rings. The number of anilines is 1. The lowest BCUT2D eigenvalue weighted by Crippen LogP contribution is -2.32. The van der Waals surface area contributed by atoms with Crippen LogP contribution < -0.4 is 10.6 Å². The highest BCUT2D eigenvalue weighted by Gasteiger charge is 2.19. The first-order chi connectivity index (χ1) is 10.1. The van der Waals surface area contributed by atoms with Crippen molar-refractivity contribution in [1.82, 2.24) is 5.32 Å². The summed E-state index contributed by atoms with van der Waals surface area (Å²) in [4.78, 5) is 23.7. The lowest BCUT2D eigenvalue weighted by atomic mass is 9.96. The fourth-order valence-electron chi connectivity index (χ4n) is 2.47. The van der Waals surface area contributed by atoms with Crippen molar-refractivity contribution in [3.8, 4) is 0 Å². The summed E-state index contributed by atoms with van der Waals surface area (Å²) in [6, 6.07) is 3.59. The normalized spacial score (nSPS) is 18.1. The van der Waals surface area contributed by atoms with E-state index in [4.69, 9.17) is 0 Å². The maximum Gasteiger partial charge on any atom is 0.339 e. The number of hydrogen-bond acceptors (Lipinski definition) is 4. The van der Waals surface area contributed by atoms with Crippen LogP contribution in [0, 0.1) is 11.7 Å². The molecule has 1 saturated heterocycles. The Balaban J connectivity index is 2.05.